The molecule has 6 heteroatoms. The Bertz CT molecular complexity index is 3320. The average Bonchev–Trinajstić information content (AvgIpc) is 3.87. The van der Waals surface area contributed by atoms with Gasteiger partial charge in [0.15, 0.2) is 0 Å². The van der Waals surface area contributed by atoms with Crippen molar-refractivity contribution in [2.24, 2.45) is 0 Å². The van der Waals surface area contributed by atoms with Crippen molar-refractivity contribution >= 4 is 32.8 Å². The van der Waals surface area contributed by atoms with Gasteiger partial charge in [-0.15, -0.1) is 29.7 Å². The molecular weight excluding hydrogens is 940 g/mol. The van der Waals surface area contributed by atoms with E-state index in [1.165, 1.54) is 5.56 Å². The number of rotatable bonds is 9. The van der Waals surface area contributed by atoms with Crippen LogP contribution >= 0.6 is 0 Å². The van der Waals surface area contributed by atoms with Crippen LogP contribution in [0.15, 0.2) is 200 Å². The predicted molar refractivity (Wildman–Crippen MR) is 246 cm³/mol. The van der Waals surface area contributed by atoms with E-state index in [0.717, 1.165) is 89.8 Å². The Hall–Kier alpha value is -7.33. The molecule has 0 aliphatic heterocycles. The summed E-state index contributed by atoms with van der Waals surface area (Å²) in [5.41, 5.74) is 13.7. The zero-order chi connectivity index (χ0) is 40.7. The number of hydrogen-bond donors (Lipinski definition) is 0. The molecule has 0 atom stereocenters. The molecule has 0 radical (unpaired) electrons. The first-order valence-corrected chi connectivity index (χ1v) is 20.6. The molecule has 3 aromatic heterocycles. The van der Waals surface area contributed by atoms with Crippen molar-refractivity contribution in [3.05, 3.63) is 224 Å². The number of aryl methyl sites for hydroxylation is 1. The van der Waals surface area contributed by atoms with E-state index in [9.17, 15) is 0 Å². The van der Waals surface area contributed by atoms with Gasteiger partial charge in [-0.05, 0) is 80.7 Å². The number of hydrogen-bond acceptors (Lipinski definition) is 2. The van der Waals surface area contributed by atoms with E-state index in [0.29, 0.717) is 11.5 Å². The number of ether oxygens (including phenoxy) is 1. The van der Waals surface area contributed by atoms with Gasteiger partial charge >= 0.3 is 0 Å². The van der Waals surface area contributed by atoms with Gasteiger partial charge in [0, 0.05) is 44.3 Å². The summed E-state index contributed by atoms with van der Waals surface area (Å²) in [6, 6.07) is 74.8. The van der Waals surface area contributed by atoms with Gasteiger partial charge < -0.3 is 13.9 Å². The zero-order valence-corrected chi connectivity index (χ0v) is 36.0. The number of benzene rings is 8. The minimum absolute atomic E-state index is 0. The smallest absolute Gasteiger partial charge is 0.268 e. The molecule has 5 nitrogen and oxygen atoms in total. The molecule has 0 saturated carbocycles. The first-order chi connectivity index (χ1) is 30.2. The molecule has 8 aromatic carbocycles. The van der Waals surface area contributed by atoms with E-state index in [-0.39, 0.29) is 21.1 Å². The van der Waals surface area contributed by atoms with E-state index in [1.54, 1.807) is 0 Å². The van der Waals surface area contributed by atoms with Gasteiger partial charge in [0.2, 0.25) is 0 Å². The minimum atomic E-state index is 0. The van der Waals surface area contributed by atoms with Crippen LogP contribution in [0.2, 0.25) is 0 Å². The Labute approximate surface area is 375 Å². The standard InChI is InChI=1S/C56H38N4O.Pt/c1-2-39-32-33-57-55(34-39)60-51-27-13-12-24-49(51)50-30-29-46(37-53(50)60)61-45-23-14-22-44(36-45)58-38-59(52-31-28-43(35-54(52)58)40-16-6-3-7-17-40)56-47(41-18-8-4-9-19-41)25-15-26-48(56)42-20-10-5-11-21-42;/h3-35H,2H2,1H3;/q-2;. The number of pyridine rings is 1. The summed E-state index contributed by atoms with van der Waals surface area (Å²) in [5.74, 6) is 2.01. The molecule has 3 heterocycles. The summed E-state index contributed by atoms with van der Waals surface area (Å²) < 4.78 is 13.1. The summed E-state index contributed by atoms with van der Waals surface area (Å²) in [5, 5.41) is 2.22. The Balaban J connectivity index is 0.00000458. The van der Waals surface area contributed by atoms with E-state index in [1.807, 2.05) is 30.5 Å². The van der Waals surface area contributed by atoms with E-state index >= 15 is 0 Å². The topological polar surface area (TPSA) is 35.9 Å². The van der Waals surface area contributed by atoms with E-state index in [2.05, 4.69) is 209 Å². The summed E-state index contributed by atoms with van der Waals surface area (Å²) in [6.07, 6.45) is 6.62. The molecule has 0 bridgehead atoms. The van der Waals surface area contributed by atoms with Crippen LogP contribution in [0.1, 0.15) is 12.5 Å². The summed E-state index contributed by atoms with van der Waals surface area (Å²) in [6.45, 7) is 2.16. The fraction of sp³-hybridized carbons (Fsp3) is 0.0357. The van der Waals surface area contributed by atoms with Gasteiger partial charge in [-0.2, -0.15) is 18.2 Å². The largest absolute Gasteiger partial charge is 0.510 e. The van der Waals surface area contributed by atoms with Crippen molar-refractivity contribution in [1.82, 2.24) is 14.1 Å². The van der Waals surface area contributed by atoms with Gasteiger partial charge in [-0.3, -0.25) is 4.57 Å². The van der Waals surface area contributed by atoms with Gasteiger partial charge in [-0.25, -0.2) is 4.98 Å². The number of fused-ring (bicyclic) bond motifs is 4. The normalized spacial score (nSPS) is 11.2. The second-order valence-corrected chi connectivity index (χ2v) is 15.1. The molecule has 62 heavy (non-hydrogen) atoms. The third kappa shape index (κ3) is 7.01. The molecule has 0 spiro atoms. The molecule has 300 valence electrons. The fourth-order valence-electron chi connectivity index (χ4n) is 8.47. The van der Waals surface area contributed by atoms with E-state index in [4.69, 9.17) is 9.72 Å². The van der Waals surface area contributed by atoms with Crippen LogP contribution in [0.5, 0.6) is 11.5 Å². The predicted octanol–water partition coefficient (Wildman–Crippen LogP) is 13.2. The molecule has 0 aliphatic rings. The van der Waals surface area contributed by atoms with Crippen molar-refractivity contribution in [3.8, 4) is 62.1 Å². The van der Waals surface area contributed by atoms with Crippen molar-refractivity contribution in [2.45, 2.75) is 13.3 Å². The summed E-state index contributed by atoms with van der Waals surface area (Å²) >= 11 is 0. The monoisotopic (exact) mass is 977 g/mol. The number of para-hydroxylation sites is 2. The van der Waals surface area contributed by atoms with Gasteiger partial charge in [0.1, 0.15) is 5.82 Å². The summed E-state index contributed by atoms with van der Waals surface area (Å²) in [4.78, 5) is 4.80. The van der Waals surface area contributed by atoms with E-state index < -0.39 is 0 Å². The maximum atomic E-state index is 6.65. The first-order valence-electron chi connectivity index (χ1n) is 20.6. The van der Waals surface area contributed by atoms with Crippen molar-refractivity contribution < 1.29 is 30.4 Å². The molecule has 0 amide bonds. The van der Waals surface area contributed by atoms with Gasteiger partial charge in [-0.1, -0.05) is 152 Å². The number of nitrogens with zero attached hydrogens (tertiary/aromatic N) is 4. The van der Waals surface area contributed by atoms with Crippen molar-refractivity contribution in [1.29, 1.82) is 0 Å². The molecule has 0 saturated heterocycles. The average molecular weight is 978 g/mol. The SMILES string of the molecule is CCc1ccnc(-n2c3[c-]c(Oc4[c-]c(-n5[c-][n+](-c6c(-c7ccccc7)cccc6-c6ccccc6)c6ccc(-c7ccccc7)cc65)ccc4)ccc3c3ccccc32)c1.[Pt]. The first kappa shape index (κ1) is 38.8. The van der Waals surface area contributed by atoms with Crippen LogP contribution < -0.4 is 9.30 Å². The number of imidazole rings is 1. The van der Waals surface area contributed by atoms with Crippen LogP contribution in [-0.2, 0) is 27.5 Å². The quantitative estimate of drug-likeness (QED) is 0.107. The fourth-order valence-corrected chi connectivity index (χ4v) is 8.47. The molecule has 11 rings (SSSR count). The molecule has 0 N–H and O–H groups in total. The maximum Gasteiger partial charge on any atom is 0.268 e. The minimum Gasteiger partial charge on any atom is -0.510 e. The molecular formula is C56H38N4OPt-2. The Morgan fingerprint density at radius 2 is 1.21 bits per heavy atom. The third-order valence-corrected chi connectivity index (χ3v) is 11.4. The molecule has 0 fully saturated rings. The van der Waals surface area contributed by atoms with Crippen LogP contribution in [0.3, 0.4) is 0 Å². The van der Waals surface area contributed by atoms with Gasteiger partial charge in [0.05, 0.1) is 16.7 Å². The Morgan fingerprint density at radius 3 is 1.94 bits per heavy atom. The van der Waals surface area contributed by atoms with Crippen LogP contribution in [0.25, 0.3) is 83.4 Å². The second kappa shape index (κ2) is 16.6. The molecule has 0 unspecified atom stereocenters. The van der Waals surface area contributed by atoms with Crippen LogP contribution in [0, 0.1) is 18.5 Å². The van der Waals surface area contributed by atoms with Crippen LogP contribution in [0.4, 0.5) is 0 Å². The maximum absolute atomic E-state index is 6.65. The molecule has 11 aromatic rings. The second-order valence-electron chi connectivity index (χ2n) is 15.1. The Morgan fingerprint density at radius 1 is 0.548 bits per heavy atom. The van der Waals surface area contributed by atoms with Crippen LogP contribution in [-0.4, -0.2) is 14.1 Å². The van der Waals surface area contributed by atoms with Crippen molar-refractivity contribution in [3.63, 3.8) is 0 Å². The zero-order valence-electron chi connectivity index (χ0n) is 33.8. The Kier molecular flexibility index (Phi) is 10.4. The van der Waals surface area contributed by atoms with Gasteiger partial charge in [0.25, 0.3) is 6.33 Å². The molecule has 0 aliphatic carbocycles. The van der Waals surface area contributed by atoms with Crippen molar-refractivity contribution in [2.75, 3.05) is 0 Å². The number of aromatic nitrogens is 4. The third-order valence-electron chi connectivity index (χ3n) is 11.4. The summed E-state index contributed by atoms with van der Waals surface area (Å²) in [7, 11) is 0.